The number of hydrogen-bond acceptors (Lipinski definition) is 3. The molecular formula is C16H22F3N3O. The number of aromatic nitrogens is 1. The number of hydrogen-bond donors (Lipinski definition) is 0. The maximum atomic E-state index is 12.6. The molecule has 2 heterocycles. The molecule has 0 saturated carbocycles. The first kappa shape index (κ1) is 17.6. The number of anilines is 1. The third kappa shape index (κ3) is 4.36. The van der Waals surface area contributed by atoms with Crippen molar-refractivity contribution in [3.05, 3.63) is 24.0 Å². The minimum atomic E-state index is -4.42. The van der Waals surface area contributed by atoms with Crippen molar-refractivity contribution in [2.24, 2.45) is 5.41 Å². The standard InChI is InChI=1S/C16H22F3N3O/c1-15(2,3)14(23)22-8-4-7-21(9-10-22)12-5-6-13(20-11-12)16(17,18)19/h5-6,11H,4,7-10H2,1-3H3. The van der Waals surface area contributed by atoms with Crippen molar-refractivity contribution in [2.45, 2.75) is 33.4 Å². The summed E-state index contributed by atoms with van der Waals surface area (Å²) in [6, 6.07) is 2.44. The Morgan fingerprint density at radius 2 is 1.78 bits per heavy atom. The van der Waals surface area contributed by atoms with Crippen LogP contribution in [-0.2, 0) is 11.0 Å². The first-order valence-electron chi connectivity index (χ1n) is 7.66. The number of pyridine rings is 1. The fourth-order valence-electron chi connectivity index (χ4n) is 2.59. The summed E-state index contributed by atoms with van der Waals surface area (Å²) >= 11 is 0. The van der Waals surface area contributed by atoms with Gasteiger partial charge < -0.3 is 9.80 Å². The fourth-order valence-corrected chi connectivity index (χ4v) is 2.59. The summed E-state index contributed by atoms with van der Waals surface area (Å²) in [5.41, 5.74) is -0.658. The highest BCUT2D eigenvalue weighted by Crippen LogP contribution is 2.28. The highest BCUT2D eigenvalue weighted by molar-refractivity contribution is 5.81. The fraction of sp³-hybridized carbons (Fsp3) is 0.625. The Bertz CT molecular complexity index is 549. The Hall–Kier alpha value is -1.79. The molecule has 1 aliphatic heterocycles. The van der Waals surface area contributed by atoms with Gasteiger partial charge in [-0.25, -0.2) is 4.98 Å². The number of rotatable bonds is 1. The Morgan fingerprint density at radius 1 is 1.09 bits per heavy atom. The lowest BCUT2D eigenvalue weighted by Crippen LogP contribution is -2.41. The number of carbonyl (C=O) groups is 1. The van der Waals surface area contributed by atoms with Crippen molar-refractivity contribution < 1.29 is 18.0 Å². The Labute approximate surface area is 134 Å². The van der Waals surface area contributed by atoms with E-state index in [-0.39, 0.29) is 5.91 Å². The molecule has 2 rings (SSSR count). The quantitative estimate of drug-likeness (QED) is 0.794. The van der Waals surface area contributed by atoms with Crippen LogP contribution in [0.25, 0.3) is 0 Å². The van der Waals surface area contributed by atoms with Gasteiger partial charge in [-0.3, -0.25) is 4.79 Å². The molecular weight excluding hydrogens is 307 g/mol. The van der Waals surface area contributed by atoms with Crippen molar-refractivity contribution in [3.63, 3.8) is 0 Å². The summed E-state index contributed by atoms with van der Waals surface area (Å²) < 4.78 is 37.7. The molecule has 1 aromatic heterocycles. The van der Waals surface area contributed by atoms with Gasteiger partial charge in [-0.15, -0.1) is 0 Å². The van der Waals surface area contributed by atoms with E-state index in [0.717, 1.165) is 12.5 Å². The van der Waals surface area contributed by atoms with Gasteiger partial charge in [0, 0.05) is 31.6 Å². The zero-order valence-electron chi connectivity index (χ0n) is 13.7. The summed E-state index contributed by atoms with van der Waals surface area (Å²) in [5.74, 6) is 0.102. The summed E-state index contributed by atoms with van der Waals surface area (Å²) in [6.07, 6.45) is -2.39. The molecule has 0 spiro atoms. The molecule has 0 atom stereocenters. The van der Waals surface area contributed by atoms with E-state index in [1.807, 2.05) is 30.6 Å². The molecule has 1 saturated heterocycles. The lowest BCUT2D eigenvalue weighted by atomic mass is 9.94. The van der Waals surface area contributed by atoms with E-state index in [2.05, 4.69) is 4.98 Å². The second-order valence-corrected chi connectivity index (χ2v) is 6.78. The monoisotopic (exact) mass is 329 g/mol. The SMILES string of the molecule is CC(C)(C)C(=O)N1CCCN(c2ccc(C(F)(F)F)nc2)CC1. The summed E-state index contributed by atoms with van der Waals surface area (Å²) in [4.78, 5) is 19.6. The third-order valence-electron chi connectivity index (χ3n) is 3.83. The van der Waals surface area contributed by atoms with Gasteiger partial charge >= 0.3 is 6.18 Å². The van der Waals surface area contributed by atoms with E-state index in [1.54, 1.807) is 0 Å². The summed E-state index contributed by atoms with van der Waals surface area (Å²) in [5, 5.41) is 0. The smallest absolute Gasteiger partial charge is 0.368 e. The zero-order chi connectivity index (χ0) is 17.3. The molecule has 0 N–H and O–H groups in total. The van der Waals surface area contributed by atoms with Crippen molar-refractivity contribution in [1.29, 1.82) is 0 Å². The average molecular weight is 329 g/mol. The molecule has 1 fully saturated rings. The van der Waals surface area contributed by atoms with Gasteiger partial charge in [0.05, 0.1) is 11.9 Å². The molecule has 128 valence electrons. The van der Waals surface area contributed by atoms with E-state index < -0.39 is 17.3 Å². The maximum Gasteiger partial charge on any atom is 0.433 e. The number of halogens is 3. The molecule has 4 nitrogen and oxygen atoms in total. The second-order valence-electron chi connectivity index (χ2n) is 6.78. The first-order chi connectivity index (χ1) is 10.6. The normalized spacial score (nSPS) is 17.1. The Kier molecular flexibility index (Phi) is 4.87. The topological polar surface area (TPSA) is 36.4 Å². The van der Waals surface area contributed by atoms with Crippen LogP contribution in [0.5, 0.6) is 0 Å². The van der Waals surface area contributed by atoms with Crippen molar-refractivity contribution >= 4 is 11.6 Å². The van der Waals surface area contributed by atoms with Crippen LogP contribution in [0.2, 0.25) is 0 Å². The maximum absolute atomic E-state index is 12.6. The molecule has 0 aromatic carbocycles. The van der Waals surface area contributed by atoms with Gasteiger partial charge in [0.1, 0.15) is 5.69 Å². The minimum absolute atomic E-state index is 0.102. The van der Waals surface area contributed by atoms with E-state index in [1.165, 1.54) is 12.3 Å². The van der Waals surface area contributed by atoms with Gasteiger partial charge in [-0.05, 0) is 18.6 Å². The van der Waals surface area contributed by atoms with Crippen LogP contribution in [0.15, 0.2) is 18.3 Å². The van der Waals surface area contributed by atoms with E-state index in [4.69, 9.17) is 0 Å². The van der Waals surface area contributed by atoms with Gasteiger partial charge in [0.25, 0.3) is 0 Å². The molecule has 0 aliphatic carbocycles. The van der Waals surface area contributed by atoms with E-state index in [0.29, 0.717) is 31.9 Å². The van der Waals surface area contributed by atoms with Crippen molar-refractivity contribution in [2.75, 3.05) is 31.1 Å². The van der Waals surface area contributed by atoms with Crippen LogP contribution in [0.3, 0.4) is 0 Å². The van der Waals surface area contributed by atoms with Gasteiger partial charge in [0.2, 0.25) is 5.91 Å². The van der Waals surface area contributed by atoms with Crippen molar-refractivity contribution in [1.82, 2.24) is 9.88 Å². The summed E-state index contributed by atoms with van der Waals surface area (Å²) in [6.45, 7) is 8.18. The molecule has 0 radical (unpaired) electrons. The van der Waals surface area contributed by atoms with Crippen LogP contribution >= 0.6 is 0 Å². The van der Waals surface area contributed by atoms with Gasteiger partial charge in [-0.2, -0.15) is 13.2 Å². The van der Waals surface area contributed by atoms with E-state index in [9.17, 15) is 18.0 Å². The number of amides is 1. The zero-order valence-corrected chi connectivity index (χ0v) is 13.7. The van der Waals surface area contributed by atoms with Crippen molar-refractivity contribution in [3.8, 4) is 0 Å². The molecule has 0 unspecified atom stereocenters. The molecule has 1 aromatic rings. The largest absolute Gasteiger partial charge is 0.433 e. The highest BCUT2D eigenvalue weighted by atomic mass is 19.4. The van der Waals surface area contributed by atoms with Gasteiger partial charge in [0.15, 0.2) is 0 Å². The minimum Gasteiger partial charge on any atom is -0.368 e. The molecule has 0 bridgehead atoms. The highest BCUT2D eigenvalue weighted by Gasteiger charge is 2.32. The van der Waals surface area contributed by atoms with Gasteiger partial charge in [-0.1, -0.05) is 20.8 Å². The summed E-state index contributed by atoms with van der Waals surface area (Å²) in [7, 11) is 0. The van der Waals surface area contributed by atoms with Crippen LogP contribution in [0.4, 0.5) is 18.9 Å². The lowest BCUT2D eigenvalue weighted by molar-refractivity contribution is -0.141. The number of alkyl halides is 3. The molecule has 7 heteroatoms. The Morgan fingerprint density at radius 3 is 2.30 bits per heavy atom. The van der Waals surface area contributed by atoms with Crippen LogP contribution in [0.1, 0.15) is 32.9 Å². The number of nitrogens with zero attached hydrogens (tertiary/aromatic N) is 3. The van der Waals surface area contributed by atoms with Crippen LogP contribution in [0, 0.1) is 5.41 Å². The van der Waals surface area contributed by atoms with Crippen LogP contribution < -0.4 is 4.90 Å². The molecule has 1 aliphatic rings. The predicted octanol–water partition coefficient (Wildman–Crippen LogP) is 3.19. The second kappa shape index (κ2) is 6.37. The molecule has 1 amide bonds. The number of carbonyl (C=O) groups excluding carboxylic acids is 1. The Balaban J connectivity index is 2.05. The van der Waals surface area contributed by atoms with E-state index >= 15 is 0 Å². The predicted molar refractivity (Wildman–Crippen MR) is 82.1 cm³/mol. The first-order valence-corrected chi connectivity index (χ1v) is 7.66. The lowest BCUT2D eigenvalue weighted by Gasteiger charge is -2.28. The van der Waals surface area contributed by atoms with Crippen LogP contribution in [-0.4, -0.2) is 42.0 Å². The molecule has 23 heavy (non-hydrogen) atoms. The average Bonchev–Trinajstić information content (AvgIpc) is 2.70. The third-order valence-corrected chi connectivity index (χ3v) is 3.83.